The standard InChI is InChI=1S/C19H18N6O4/c26-25(27)18-15(23-8-10-28-11-9-23)12-14(16-17(18)22-29-21-16)24-7-6-20-19(24)13-4-2-1-3-5-13/h1-5,12H,6-11H2. The molecule has 10 heteroatoms. The number of hydrogen-bond acceptors (Lipinski definition) is 9. The van der Waals surface area contributed by atoms with Gasteiger partial charge in [0.05, 0.1) is 30.4 Å². The van der Waals surface area contributed by atoms with E-state index >= 15 is 0 Å². The Bertz CT molecular complexity index is 1090. The molecule has 2 aromatic carbocycles. The van der Waals surface area contributed by atoms with Crippen LogP contribution in [-0.2, 0) is 4.74 Å². The van der Waals surface area contributed by atoms with Crippen LogP contribution in [0.2, 0.25) is 0 Å². The van der Waals surface area contributed by atoms with Crippen molar-refractivity contribution in [3.05, 3.63) is 52.1 Å². The summed E-state index contributed by atoms with van der Waals surface area (Å²) >= 11 is 0. The van der Waals surface area contributed by atoms with Gasteiger partial charge in [-0.25, -0.2) is 4.63 Å². The van der Waals surface area contributed by atoms with Crippen molar-refractivity contribution in [1.82, 2.24) is 10.3 Å². The third-order valence-electron chi connectivity index (χ3n) is 5.17. The molecule has 0 amide bonds. The number of ether oxygens (including phenoxy) is 1. The van der Waals surface area contributed by atoms with Gasteiger partial charge < -0.3 is 14.5 Å². The summed E-state index contributed by atoms with van der Waals surface area (Å²) in [7, 11) is 0. The van der Waals surface area contributed by atoms with Crippen LogP contribution in [0.1, 0.15) is 5.56 Å². The first-order valence-electron chi connectivity index (χ1n) is 9.38. The molecule has 148 valence electrons. The third-order valence-corrected chi connectivity index (χ3v) is 5.17. The van der Waals surface area contributed by atoms with Crippen molar-refractivity contribution in [3.8, 4) is 0 Å². The zero-order valence-electron chi connectivity index (χ0n) is 15.5. The molecule has 0 spiro atoms. The Morgan fingerprint density at radius 3 is 2.52 bits per heavy atom. The summed E-state index contributed by atoms with van der Waals surface area (Å²) in [5.74, 6) is 0.802. The average molecular weight is 394 g/mol. The van der Waals surface area contributed by atoms with Gasteiger partial charge >= 0.3 is 5.69 Å². The van der Waals surface area contributed by atoms with Gasteiger partial charge in [-0.3, -0.25) is 15.1 Å². The largest absolute Gasteiger partial charge is 0.378 e. The molecule has 29 heavy (non-hydrogen) atoms. The second kappa shape index (κ2) is 7.13. The Balaban J connectivity index is 1.68. The number of anilines is 2. The summed E-state index contributed by atoms with van der Waals surface area (Å²) in [5, 5.41) is 19.8. The van der Waals surface area contributed by atoms with E-state index in [1.54, 1.807) is 6.07 Å². The predicted molar refractivity (Wildman–Crippen MR) is 107 cm³/mol. The molecule has 2 aliphatic rings. The topological polar surface area (TPSA) is 110 Å². The van der Waals surface area contributed by atoms with E-state index in [1.807, 2.05) is 40.1 Å². The van der Waals surface area contributed by atoms with Crippen LogP contribution in [0.25, 0.3) is 11.0 Å². The quantitative estimate of drug-likeness (QED) is 0.489. The molecule has 5 rings (SSSR count). The summed E-state index contributed by atoms with van der Waals surface area (Å²) in [6.45, 7) is 3.44. The Morgan fingerprint density at radius 1 is 1.00 bits per heavy atom. The molecule has 0 aliphatic carbocycles. The molecule has 10 nitrogen and oxygen atoms in total. The lowest BCUT2D eigenvalue weighted by atomic mass is 10.1. The summed E-state index contributed by atoms with van der Waals surface area (Å²) in [6.07, 6.45) is 0. The first kappa shape index (κ1) is 17.6. The van der Waals surface area contributed by atoms with E-state index in [1.165, 1.54) is 0 Å². The summed E-state index contributed by atoms with van der Waals surface area (Å²) in [4.78, 5) is 20.1. The zero-order valence-corrected chi connectivity index (χ0v) is 15.5. The number of aromatic nitrogens is 2. The number of amidine groups is 1. The molecule has 1 aromatic heterocycles. The number of rotatable bonds is 4. The van der Waals surface area contributed by atoms with E-state index in [0.29, 0.717) is 56.3 Å². The maximum atomic E-state index is 11.9. The van der Waals surface area contributed by atoms with Gasteiger partial charge in [0.15, 0.2) is 5.52 Å². The first-order valence-corrected chi connectivity index (χ1v) is 9.38. The van der Waals surface area contributed by atoms with Gasteiger partial charge in [0, 0.05) is 25.2 Å². The number of benzene rings is 2. The van der Waals surface area contributed by atoms with Crippen molar-refractivity contribution in [3.63, 3.8) is 0 Å². The molecule has 0 unspecified atom stereocenters. The van der Waals surface area contributed by atoms with Gasteiger partial charge in [0.25, 0.3) is 0 Å². The number of nitro benzene ring substituents is 1. The molecule has 3 aromatic rings. The molecule has 0 saturated carbocycles. The Hall–Kier alpha value is -3.53. The van der Waals surface area contributed by atoms with Crippen LogP contribution < -0.4 is 9.80 Å². The number of fused-ring (bicyclic) bond motifs is 1. The van der Waals surface area contributed by atoms with Gasteiger partial charge in [-0.15, -0.1) is 0 Å². The van der Waals surface area contributed by atoms with Crippen LogP contribution >= 0.6 is 0 Å². The van der Waals surface area contributed by atoms with Crippen LogP contribution in [0.5, 0.6) is 0 Å². The first-order chi connectivity index (χ1) is 14.2. The number of morpholine rings is 1. The predicted octanol–water partition coefficient (Wildman–Crippen LogP) is 2.23. The maximum absolute atomic E-state index is 11.9. The minimum absolute atomic E-state index is 0.0932. The minimum atomic E-state index is -0.419. The van der Waals surface area contributed by atoms with Crippen molar-refractivity contribution in [2.45, 2.75) is 0 Å². The van der Waals surface area contributed by atoms with Crippen molar-refractivity contribution >= 4 is 33.9 Å². The van der Waals surface area contributed by atoms with E-state index in [4.69, 9.17) is 9.37 Å². The number of nitrogens with zero attached hydrogens (tertiary/aromatic N) is 6. The van der Waals surface area contributed by atoms with Crippen LogP contribution in [0.4, 0.5) is 17.1 Å². The van der Waals surface area contributed by atoms with Crippen LogP contribution in [0.3, 0.4) is 0 Å². The van der Waals surface area contributed by atoms with E-state index in [9.17, 15) is 10.1 Å². The van der Waals surface area contributed by atoms with E-state index in [-0.39, 0.29) is 11.2 Å². The number of hydrogen-bond donors (Lipinski definition) is 0. The lowest BCUT2D eigenvalue weighted by molar-refractivity contribution is -0.382. The van der Waals surface area contributed by atoms with Gasteiger partial charge in [0.1, 0.15) is 11.5 Å². The molecule has 0 radical (unpaired) electrons. The van der Waals surface area contributed by atoms with E-state index < -0.39 is 4.92 Å². The van der Waals surface area contributed by atoms with Crippen molar-refractivity contribution < 1.29 is 14.3 Å². The third kappa shape index (κ3) is 2.97. The molecular formula is C19H18N6O4. The molecule has 0 N–H and O–H groups in total. The monoisotopic (exact) mass is 394 g/mol. The molecule has 0 atom stereocenters. The summed E-state index contributed by atoms with van der Waals surface area (Å²) in [5.41, 5.74) is 2.59. The van der Waals surface area contributed by atoms with Crippen molar-refractivity contribution in [1.29, 1.82) is 0 Å². The van der Waals surface area contributed by atoms with Crippen LogP contribution in [-0.4, -0.2) is 60.5 Å². The summed E-state index contributed by atoms with van der Waals surface area (Å²) in [6, 6.07) is 11.6. The molecular weight excluding hydrogens is 376 g/mol. The highest BCUT2D eigenvalue weighted by molar-refractivity contribution is 6.15. The molecule has 3 heterocycles. The average Bonchev–Trinajstić information content (AvgIpc) is 3.43. The second-order valence-corrected chi connectivity index (χ2v) is 6.80. The lowest BCUT2D eigenvalue weighted by Crippen LogP contribution is -2.37. The van der Waals surface area contributed by atoms with Crippen LogP contribution in [0.15, 0.2) is 46.0 Å². The highest BCUT2D eigenvalue weighted by Gasteiger charge is 2.33. The minimum Gasteiger partial charge on any atom is -0.378 e. The van der Waals surface area contributed by atoms with Gasteiger partial charge in [-0.2, -0.15) is 0 Å². The normalized spacial score (nSPS) is 17.0. The Morgan fingerprint density at radius 2 is 1.76 bits per heavy atom. The molecule has 1 saturated heterocycles. The summed E-state index contributed by atoms with van der Waals surface area (Å²) < 4.78 is 10.3. The van der Waals surface area contributed by atoms with E-state index in [2.05, 4.69) is 15.3 Å². The second-order valence-electron chi connectivity index (χ2n) is 6.80. The molecule has 2 aliphatic heterocycles. The fourth-order valence-electron chi connectivity index (χ4n) is 3.85. The zero-order chi connectivity index (χ0) is 19.8. The van der Waals surface area contributed by atoms with E-state index in [0.717, 1.165) is 11.4 Å². The molecule has 0 bridgehead atoms. The highest BCUT2D eigenvalue weighted by atomic mass is 16.6. The van der Waals surface area contributed by atoms with Crippen LogP contribution in [0, 0.1) is 10.1 Å². The van der Waals surface area contributed by atoms with Gasteiger partial charge in [-0.1, -0.05) is 30.3 Å². The fraction of sp³-hybridized carbons (Fsp3) is 0.316. The SMILES string of the molecule is O=[N+]([O-])c1c(N2CCOCC2)cc(N2CCN=C2c2ccccc2)c2nonc12. The van der Waals surface area contributed by atoms with Gasteiger partial charge in [-0.05, 0) is 16.4 Å². The lowest BCUT2D eigenvalue weighted by Gasteiger charge is -2.29. The Labute approximate surface area is 165 Å². The maximum Gasteiger partial charge on any atom is 0.323 e. The number of aliphatic imine (C=N–C) groups is 1. The smallest absolute Gasteiger partial charge is 0.323 e. The fourth-order valence-corrected chi connectivity index (χ4v) is 3.85. The molecule has 1 fully saturated rings. The van der Waals surface area contributed by atoms with Gasteiger partial charge in [0.2, 0.25) is 5.52 Å². The number of nitro groups is 1. The van der Waals surface area contributed by atoms with Crippen molar-refractivity contribution in [2.24, 2.45) is 4.99 Å². The van der Waals surface area contributed by atoms with Crippen molar-refractivity contribution in [2.75, 3.05) is 49.2 Å². The Kier molecular flexibility index (Phi) is 4.32. The highest BCUT2D eigenvalue weighted by Crippen LogP contribution is 2.41.